The summed E-state index contributed by atoms with van der Waals surface area (Å²) in [7, 11) is 3.47. The van der Waals surface area contributed by atoms with Gasteiger partial charge in [0, 0.05) is 19.7 Å². The Morgan fingerprint density at radius 1 is 1.50 bits per heavy atom. The first-order valence-corrected chi connectivity index (χ1v) is 4.42. The number of rotatable bonds is 2. The van der Waals surface area contributed by atoms with Crippen LogP contribution in [0, 0.1) is 0 Å². The molecule has 76 valence electrons. The first-order chi connectivity index (χ1) is 6.50. The summed E-state index contributed by atoms with van der Waals surface area (Å²) >= 11 is 5.72. The molecule has 0 aliphatic carbocycles. The van der Waals surface area contributed by atoms with Crippen LogP contribution in [0.15, 0.2) is 18.2 Å². The van der Waals surface area contributed by atoms with Gasteiger partial charge < -0.3 is 5.73 Å². The minimum Gasteiger partial charge on any atom is -0.398 e. The van der Waals surface area contributed by atoms with Crippen molar-refractivity contribution in [3.63, 3.8) is 0 Å². The molecule has 0 radical (unpaired) electrons. The molecule has 0 saturated carbocycles. The maximum Gasteiger partial charge on any atom is 0.265 e. The fourth-order valence-corrected chi connectivity index (χ4v) is 1.07. The van der Waals surface area contributed by atoms with Crippen molar-refractivity contribution in [1.82, 2.24) is 10.4 Å². The van der Waals surface area contributed by atoms with E-state index in [1.165, 1.54) is 0 Å². The van der Waals surface area contributed by atoms with Gasteiger partial charge in [-0.3, -0.25) is 10.2 Å². The van der Waals surface area contributed by atoms with Crippen molar-refractivity contribution in [2.45, 2.75) is 0 Å². The second-order valence-corrected chi connectivity index (χ2v) is 3.48. The van der Waals surface area contributed by atoms with Gasteiger partial charge in [-0.05, 0) is 18.2 Å². The van der Waals surface area contributed by atoms with Crippen LogP contribution >= 0.6 is 11.6 Å². The highest BCUT2D eigenvalue weighted by atomic mass is 35.5. The fourth-order valence-electron chi connectivity index (χ4n) is 0.953. The maximum atomic E-state index is 11.5. The Hall–Kier alpha value is -1.26. The minimum absolute atomic E-state index is 0.210. The van der Waals surface area contributed by atoms with E-state index in [4.69, 9.17) is 17.3 Å². The van der Waals surface area contributed by atoms with Crippen molar-refractivity contribution in [3.8, 4) is 0 Å². The van der Waals surface area contributed by atoms with Gasteiger partial charge in [-0.2, -0.15) is 0 Å². The van der Waals surface area contributed by atoms with Crippen LogP contribution in [0.1, 0.15) is 10.4 Å². The van der Waals surface area contributed by atoms with Crippen molar-refractivity contribution in [1.29, 1.82) is 0 Å². The second kappa shape index (κ2) is 4.30. The summed E-state index contributed by atoms with van der Waals surface area (Å²) in [4.78, 5) is 11.5. The third-order valence-corrected chi connectivity index (χ3v) is 1.93. The molecule has 0 aliphatic heterocycles. The SMILES string of the molecule is CN(C)NC(=O)c1ccc(Cl)c(N)c1. The van der Waals surface area contributed by atoms with E-state index in [1.807, 2.05) is 0 Å². The van der Waals surface area contributed by atoms with Crippen LogP contribution in [0.5, 0.6) is 0 Å². The predicted octanol–water partition coefficient (Wildman–Crippen LogP) is 1.13. The zero-order valence-electron chi connectivity index (χ0n) is 8.04. The quantitative estimate of drug-likeness (QED) is 0.572. The van der Waals surface area contributed by atoms with Crippen molar-refractivity contribution in [3.05, 3.63) is 28.8 Å². The van der Waals surface area contributed by atoms with Gasteiger partial charge in [0.15, 0.2) is 0 Å². The van der Waals surface area contributed by atoms with Crippen molar-refractivity contribution >= 4 is 23.2 Å². The van der Waals surface area contributed by atoms with Crippen LogP contribution in [0.3, 0.4) is 0 Å². The van der Waals surface area contributed by atoms with E-state index in [9.17, 15) is 4.79 Å². The van der Waals surface area contributed by atoms with Gasteiger partial charge in [0.1, 0.15) is 0 Å². The molecule has 0 bridgehead atoms. The van der Waals surface area contributed by atoms with E-state index in [1.54, 1.807) is 37.3 Å². The number of anilines is 1. The van der Waals surface area contributed by atoms with E-state index in [0.29, 0.717) is 16.3 Å². The molecule has 0 spiro atoms. The molecule has 0 atom stereocenters. The monoisotopic (exact) mass is 213 g/mol. The Bertz CT molecular complexity index is 352. The molecular formula is C9H12ClN3O. The summed E-state index contributed by atoms with van der Waals surface area (Å²) in [6.07, 6.45) is 0. The number of nitrogens with two attached hydrogens (primary N) is 1. The number of nitrogens with one attached hydrogen (secondary N) is 1. The van der Waals surface area contributed by atoms with Crippen molar-refractivity contribution in [2.24, 2.45) is 0 Å². The number of carbonyl (C=O) groups excluding carboxylic acids is 1. The number of hydrazine groups is 1. The third kappa shape index (κ3) is 2.61. The molecule has 4 nitrogen and oxygen atoms in total. The number of nitrogens with zero attached hydrogens (tertiary/aromatic N) is 1. The van der Waals surface area contributed by atoms with Crippen LogP contribution < -0.4 is 11.2 Å². The average Bonchev–Trinajstić information content (AvgIpc) is 2.08. The van der Waals surface area contributed by atoms with Crippen molar-refractivity contribution < 1.29 is 4.79 Å². The van der Waals surface area contributed by atoms with Crippen LogP contribution in [-0.2, 0) is 0 Å². The van der Waals surface area contributed by atoms with E-state index in [-0.39, 0.29) is 5.91 Å². The Labute approximate surface area is 87.6 Å². The van der Waals surface area contributed by atoms with Crippen LogP contribution in [0.2, 0.25) is 5.02 Å². The summed E-state index contributed by atoms with van der Waals surface area (Å²) in [6.45, 7) is 0. The van der Waals surface area contributed by atoms with Gasteiger partial charge in [0.2, 0.25) is 0 Å². The minimum atomic E-state index is -0.210. The molecule has 0 aromatic heterocycles. The smallest absolute Gasteiger partial charge is 0.265 e. The number of nitrogen functional groups attached to an aromatic ring is 1. The highest BCUT2D eigenvalue weighted by Crippen LogP contribution is 2.19. The third-order valence-electron chi connectivity index (χ3n) is 1.58. The molecule has 1 aromatic carbocycles. The van der Waals surface area contributed by atoms with Gasteiger partial charge in [-0.15, -0.1) is 0 Å². The number of benzene rings is 1. The molecule has 0 saturated heterocycles. The van der Waals surface area contributed by atoms with Gasteiger partial charge in [0.25, 0.3) is 5.91 Å². The summed E-state index contributed by atoms with van der Waals surface area (Å²) in [5.74, 6) is -0.210. The first kappa shape index (κ1) is 10.8. The van der Waals surface area contributed by atoms with E-state index >= 15 is 0 Å². The number of hydrogen-bond acceptors (Lipinski definition) is 3. The molecule has 1 rings (SSSR count). The van der Waals surface area contributed by atoms with Gasteiger partial charge in [-0.1, -0.05) is 11.6 Å². The van der Waals surface area contributed by atoms with Gasteiger partial charge in [0.05, 0.1) is 10.7 Å². The molecule has 0 heterocycles. The summed E-state index contributed by atoms with van der Waals surface area (Å²) in [5, 5.41) is 2.01. The molecule has 0 fully saturated rings. The zero-order chi connectivity index (χ0) is 10.7. The lowest BCUT2D eigenvalue weighted by Gasteiger charge is -2.12. The Morgan fingerprint density at radius 2 is 2.14 bits per heavy atom. The number of hydrogen-bond donors (Lipinski definition) is 2. The number of carbonyl (C=O) groups is 1. The molecule has 1 aromatic rings. The van der Waals surface area contributed by atoms with Crippen LogP contribution in [0.4, 0.5) is 5.69 Å². The van der Waals surface area contributed by atoms with Crippen LogP contribution in [-0.4, -0.2) is 25.0 Å². The molecule has 1 amide bonds. The number of amides is 1. The highest BCUT2D eigenvalue weighted by molar-refractivity contribution is 6.33. The summed E-state index contributed by atoms with van der Waals surface area (Å²) in [6, 6.07) is 4.76. The van der Waals surface area contributed by atoms with E-state index in [2.05, 4.69) is 5.43 Å². The molecule has 14 heavy (non-hydrogen) atoms. The molecule has 3 N–H and O–H groups in total. The normalized spacial score (nSPS) is 10.3. The number of halogens is 1. The summed E-state index contributed by atoms with van der Waals surface area (Å²) in [5.41, 5.74) is 9.05. The highest BCUT2D eigenvalue weighted by Gasteiger charge is 2.07. The lowest BCUT2D eigenvalue weighted by atomic mass is 10.2. The summed E-state index contributed by atoms with van der Waals surface area (Å²) < 4.78 is 0. The zero-order valence-corrected chi connectivity index (χ0v) is 8.80. The second-order valence-electron chi connectivity index (χ2n) is 3.07. The Morgan fingerprint density at radius 3 is 2.64 bits per heavy atom. The van der Waals surface area contributed by atoms with Gasteiger partial charge in [-0.25, -0.2) is 5.01 Å². The molecular weight excluding hydrogens is 202 g/mol. The lowest BCUT2D eigenvalue weighted by molar-refractivity contribution is 0.0857. The van der Waals surface area contributed by atoms with E-state index < -0.39 is 0 Å². The standard InChI is InChI=1S/C9H12ClN3O/c1-13(2)12-9(14)6-3-4-7(10)8(11)5-6/h3-5H,11H2,1-2H3,(H,12,14). The van der Waals surface area contributed by atoms with Crippen molar-refractivity contribution in [2.75, 3.05) is 19.8 Å². The lowest BCUT2D eigenvalue weighted by Crippen LogP contribution is -2.36. The molecule has 5 heteroatoms. The fraction of sp³-hybridized carbons (Fsp3) is 0.222. The first-order valence-electron chi connectivity index (χ1n) is 4.04. The Balaban J connectivity index is 2.86. The topological polar surface area (TPSA) is 58.4 Å². The predicted molar refractivity (Wildman–Crippen MR) is 57.0 cm³/mol. The largest absolute Gasteiger partial charge is 0.398 e. The average molecular weight is 214 g/mol. The van der Waals surface area contributed by atoms with E-state index in [0.717, 1.165) is 0 Å². The van der Waals surface area contributed by atoms with Crippen LogP contribution in [0.25, 0.3) is 0 Å². The maximum absolute atomic E-state index is 11.5. The Kier molecular flexibility index (Phi) is 3.33. The van der Waals surface area contributed by atoms with Gasteiger partial charge >= 0.3 is 0 Å². The molecule has 0 unspecified atom stereocenters. The molecule has 0 aliphatic rings.